The molecule has 1 N–H and O–H groups in total. The number of hydrogen-bond acceptors (Lipinski definition) is 5. The molecule has 1 saturated heterocycles. The Morgan fingerprint density at radius 2 is 2.15 bits per heavy atom. The van der Waals surface area contributed by atoms with Crippen molar-refractivity contribution in [1.82, 2.24) is 9.88 Å². The van der Waals surface area contributed by atoms with Crippen molar-refractivity contribution in [2.24, 2.45) is 5.92 Å². The summed E-state index contributed by atoms with van der Waals surface area (Å²) in [7, 11) is 3.27. The highest BCUT2D eigenvalue weighted by atomic mass is 16.5. The molecule has 1 aliphatic heterocycles. The Kier molecular flexibility index (Phi) is 5.73. The molecule has 2 aromatic rings. The minimum absolute atomic E-state index is 0.143. The average Bonchev–Trinajstić information content (AvgIpc) is 2.69. The number of carboxylic acids is 1. The lowest BCUT2D eigenvalue weighted by Gasteiger charge is -2.38. The van der Waals surface area contributed by atoms with Crippen LogP contribution in [0.2, 0.25) is 0 Å². The van der Waals surface area contributed by atoms with Crippen LogP contribution in [0.5, 0.6) is 11.5 Å². The van der Waals surface area contributed by atoms with E-state index in [1.54, 1.807) is 20.4 Å². The molecule has 1 fully saturated rings. The van der Waals surface area contributed by atoms with Crippen LogP contribution in [0.1, 0.15) is 30.0 Å². The first-order valence-corrected chi connectivity index (χ1v) is 8.72. The molecular formula is C20H24N2O4. The molecule has 0 aliphatic carbocycles. The Hall–Kier alpha value is -2.60. The summed E-state index contributed by atoms with van der Waals surface area (Å²) in [5.41, 5.74) is 1.95. The number of pyridine rings is 1. The van der Waals surface area contributed by atoms with E-state index in [0.29, 0.717) is 13.0 Å². The van der Waals surface area contributed by atoms with Crippen molar-refractivity contribution in [3.05, 3.63) is 53.9 Å². The molecule has 0 amide bonds. The second-order valence-corrected chi connectivity index (χ2v) is 6.47. The van der Waals surface area contributed by atoms with Crippen LogP contribution < -0.4 is 9.47 Å². The monoisotopic (exact) mass is 356 g/mol. The molecule has 1 aromatic carbocycles. The molecule has 0 bridgehead atoms. The van der Waals surface area contributed by atoms with Gasteiger partial charge in [0, 0.05) is 24.5 Å². The molecule has 6 nitrogen and oxygen atoms in total. The first-order chi connectivity index (χ1) is 12.6. The van der Waals surface area contributed by atoms with Crippen molar-refractivity contribution in [2.75, 3.05) is 27.3 Å². The van der Waals surface area contributed by atoms with E-state index in [1.807, 2.05) is 36.5 Å². The summed E-state index contributed by atoms with van der Waals surface area (Å²) in [6, 6.07) is 9.47. The summed E-state index contributed by atoms with van der Waals surface area (Å²) >= 11 is 0. The van der Waals surface area contributed by atoms with Gasteiger partial charge < -0.3 is 14.6 Å². The van der Waals surface area contributed by atoms with Crippen LogP contribution in [0.4, 0.5) is 0 Å². The summed E-state index contributed by atoms with van der Waals surface area (Å²) < 4.78 is 11.0. The maximum atomic E-state index is 11.5. The van der Waals surface area contributed by atoms with Gasteiger partial charge in [0.05, 0.1) is 26.2 Å². The predicted molar refractivity (Wildman–Crippen MR) is 97.6 cm³/mol. The molecule has 6 heteroatoms. The summed E-state index contributed by atoms with van der Waals surface area (Å²) in [6.45, 7) is 1.32. The van der Waals surface area contributed by atoms with Gasteiger partial charge in [0.2, 0.25) is 0 Å². The van der Waals surface area contributed by atoms with E-state index >= 15 is 0 Å². The Balaban J connectivity index is 2.06. The summed E-state index contributed by atoms with van der Waals surface area (Å²) in [6.07, 6.45) is 5.12. The normalized spacial score (nSPS) is 18.9. The largest absolute Gasteiger partial charge is 0.497 e. The van der Waals surface area contributed by atoms with Gasteiger partial charge in [-0.15, -0.1) is 0 Å². The van der Waals surface area contributed by atoms with Gasteiger partial charge in [-0.05, 0) is 49.2 Å². The molecule has 0 spiro atoms. The first-order valence-electron chi connectivity index (χ1n) is 8.72. The zero-order valence-electron chi connectivity index (χ0n) is 15.1. The SMILES string of the molecule is COc1ccc(OC)c(C(c2cccnc2)N2CCCC(C(=O)O)C2)c1. The van der Waals surface area contributed by atoms with Gasteiger partial charge >= 0.3 is 5.97 Å². The van der Waals surface area contributed by atoms with Crippen molar-refractivity contribution >= 4 is 5.97 Å². The number of ether oxygens (including phenoxy) is 2. The Morgan fingerprint density at radius 3 is 2.81 bits per heavy atom. The summed E-state index contributed by atoms with van der Waals surface area (Å²) in [5, 5.41) is 9.48. The number of methoxy groups -OCH3 is 2. The van der Waals surface area contributed by atoms with E-state index in [-0.39, 0.29) is 12.0 Å². The third kappa shape index (κ3) is 3.80. The van der Waals surface area contributed by atoms with Crippen molar-refractivity contribution in [3.63, 3.8) is 0 Å². The highest BCUT2D eigenvalue weighted by molar-refractivity contribution is 5.70. The quantitative estimate of drug-likeness (QED) is 0.858. The lowest BCUT2D eigenvalue weighted by molar-refractivity contribution is -0.143. The lowest BCUT2D eigenvalue weighted by Crippen LogP contribution is -2.41. The average molecular weight is 356 g/mol. The number of benzene rings is 1. The standard InChI is InChI=1S/C20H24N2O4/c1-25-16-7-8-18(26-2)17(11-16)19(14-5-3-9-21-12-14)22-10-4-6-15(13-22)20(23)24/h3,5,7-9,11-12,15,19H,4,6,10,13H2,1-2H3,(H,23,24). The smallest absolute Gasteiger partial charge is 0.307 e. The number of likely N-dealkylation sites (tertiary alicyclic amines) is 1. The topological polar surface area (TPSA) is 71.9 Å². The minimum Gasteiger partial charge on any atom is -0.497 e. The van der Waals surface area contributed by atoms with Crippen molar-refractivity contribution in [1.29, 1.82) is 0 Å². The number of carbonyl (C=O) groups is 1. The van der Waals surface area contributed by atoms with Crippen LogP contribution in [0.15, 0.2) is 42.7 Å². The van der Waals surface area contributed by atoms with E-state index in [1.165, 1.54) is 0 Å². The fraction of sp³-hybridized carbons (Fsp3) is 0.400. The van der Waals surface area contributed by atoms with Crippen molar-refractivity contribution in [2.45, 2.75) is 18.9 Å². The van der Waals surface area contributed by atoms with Gasteiger partial charge in [0.15, 0.2) is 0 Å². The van der Waals surface area contributed by atoms with Gasteiger partial charge in [0.25, 0.3) is 0 Å². The Bertz CT molecular complexity index is 751. The number of hydrogen-bond donors (Lipinski definition) is 1. The molecule has 0 radical (unpaired) electrons. The van der Waals surface area contributed by atoms with E-state index < -0.39 is 5.97 Å². The molecule has 1 aliphatic rings. The number of aliphatic carboxylic acids is 1. The number of aromatic nitrogens is 1. The summed E-state index contributed by atoms with van der Waals surface area (Å²) in [5.74, 6) is 0.385. The van der Waals surface area contributed by atoms with Crippen LogP contribution in [0, 0.1) is 5.92 Å². The number of nitrogens with zero attached hydrogens (tertiary/aromatic N) is 2. The second-order valence-electron chi connectivity index (χ2n) is 6.47. The molecule has 2 unspecified atom stereocenters. The fourth-order valence-corrected chi connectivity index (χ4v) is 3.62. The van der Waals surface area contributed by atoms with Crippen LogP contribution in [-0.4, -0.2) is 48.3 Å². The van der Waals surface area contributed by atoms with Crippen LogP contribution in [0.25, 0.3) is 0 Å². The van der Waals surface area contributed by atoms with Crippen LogP contribution in [-0.2, 0) is 4.79 Å². The molecule has 2 atom stereocenters. The van der Waals surface area contributed by atoms with E-state index in [0.717, 1.165) is 35.6 Å². The molecule has 26 heavy (non-hydrogen) atoms. The van der Waals surface area contributed by atoms with Gasteiger partial charge in [-0.1, -0.05) is 6.07 Å². The van der Waals surface area contributed by atoms with E-state index in [4.69, 9.17) is 9.47 Å². The number of carboxylic acid groups (broad SMARTS) is 1. The van der Waals surface area contributed by atoms with Gasteiger partial charge in [0.1, 0.15) is 11.5 Å². The molecular weight excluding hydrogens is 332 g/mol. The molecule has 3 rings (SSSR count). The van der Waals surface area contributed by atoms with Crippen molar-refractivity contribution < 1.29 is 19.4 Å². The van der Waals surface area contributed by atoms with Crippen molar-refractivity contribution in [3.8, 4) is 11.5 Å². The number of rotatable bonds is 6. The zero-order valence-corrected chi connectivity index (χ0v) is 15.1. The van der Waals surface area contributed by atoms with Crippen LogP contribution >= 0.6 is 0 Å². The molecule has 138 valence electrons. The van der Waals surface area contributed by atoms with Gasteiger partial charge in [-0.2, -0.15) is 0 Å². The third-order valence-electron chi connectivity index (χ3n) is 4.90. The Labute approximate surface area is 153 Å². The second kappa shape index (κ2) is 8.19. The molecule has 1 aromatic heterocycles. The van der Waals surface area contributed by atoms with Crippen LogP contribution in [0.3, 0.4) is 0 Å². The molecule has 2 heterocycles. The van der Waals surface area contributed by atoms with Gasteiger partial charge in [-0.3, -0.25) is 14.7 Å². The third-order valence-corrected chi connectivity index (χ3v) is 4.90. The fourth-order valence-electron chi connectivity index (χ4n) is 3.62. The maximum Gasteiger partial charge on any atom is 0.307 e. The Morgan fingerprint density at radius 1 is 1.31 bits per heavy atom. The molecule has 0 saturated carbocycles. The predicted octanol–water partition coefficient (Wildman–Crippen LogP) is 2.98. The zero-order chi connectivity index (χ0) is 18.5. The van der Waals surface area contributed by atoms with E-state index in [2.05, 4.69) is 9.88 Å². The maximum absolute atomic E-state index is 11.5. The van der Waals surface area contributed by atoms with Gasteiger partial charge in [-0.25, -0.2) is 0 Å². The lowest BCUT2D eigenvalue weighted by atomic mass is 9.91. The number of piperidine rings is 1. The first kappa shape index (κ1) is 18.2. The highest BCUT2D eigenvalue weighted by Gasteiger charge is 2.32. The minimum atomic E-state index is -0.739. The summed E-state index contributed by atoms with van der Waals surface area (Å²) in [4.78, 5) is 18.0. The highest BCUT2D eigenvalue weighted by Crippen LogP contribution is 2.38. The van der Waals surface area contributed by atoms with E-state index in [9.17, 15) is 9.90 Å².